The van der Waals surface area contributed by atoms with Crippen LogP contribution in [0.15, 0.2) is 0 Å². The number of hydrogen-bond donors (Lipinski definition) is 1. The van der Waals surface area contributed by atoms with Gasteiger partial charge in [-0.2, -0.15) is 0 Å². The lowest BCUT2D eigenvalue weighted by Gasteiger charge is -2.27. The van der Waals surface area contributed by atoms with E-state index in [1.54, 1.807) is 62.3 Å². The molecule has 5 amide bonds. The van der Waals surface area contributed by atoms with E-state index in [1.807, 2.05) is 6.92 Å². The van der Waals surface area contributed by atoms with E-state index in [0.29, 0.717) is 11.5 Å². The number of rotatable bonds is 9. The van der Waals surface area contributed by atoms with E-state index in [-0.39, 0.29) is 32.4 Å². The molecule has 3 heterocycles. The van der Waals surface area contributed by atoms with Gasteiger partial charge in [0.1, 0.15) is 53.8 Å². The summed E-state index contributed by atoms with van der Waals surface area (Å²) in [5, 5.41) is 9.50. The van der Waals surface area contributed by atoms with Gasteiger partial charge in [-0.3, -0.25) is 14.5 Å². The summed E-state index contributed by atoms with van der Waals surface area (Å²) < 4.78 is 51.8. The summed E-state index contributed by atoms with van der Waals surface area (Å²) >= 11 is 0. The highest BCUT2D eigenvalue weighted by atomic mass is 18.2. The van der Waals surface area contributed by atoms with Crippen LogP contribution in [0.3, 0.4) is 0 Å². The number of amides is 5. The number of methoxy groups -OCH3 is 3. The zero-order valence-corrected chi connectivity index (χ0v) is 36.3. The number of β-amino-alcohol motifs (C(OH)–C–C–N with tert-alkyl or cyclic N) is 1. The summed E-state index contributed by atoms with van der Waals surface area (Å²) in [6.07, 6.45) is -4.07. The molecule has 1 N–H and O–H groups in total. The van der Waals surface area contributed by atoms with Crippen LogP contribution in [0.5, 0.6) is 0 Å². The summed E-state index contributed by atoms with van der Waals surface area (Å²) in [5.41, 5.74) is -2.22. The predicted octanol–water partition coefficient (Wildman–Crippen LogP) is 3.07. The van der Waals surface area contributed by atoms with Crippen molar-refractivity contribution in [2.45, 2.75) is 148 Å². The SMILES string of the molecule is CCCO[C@H]1CC(C(=O)OC)N(C(=O)OC(C)(C)C)C1=O.COC(=O)C1C[C@H](O)CN1C(=O)OC(C)(C)C.COC(=O)C1C[C@H](OCC[18F])C(=O)N1C(=O)OC(C)(C)C. The Kier molecular flexibility index (Phi) is 20.1. The van der Waals surface area contributed by atoms with Gasteiger partial charge in [-0.05, 0) is 68.7 Å². The lowest BCUT2D eigenvalue weighted by atomic mass is 10.2. The first-order chi connectivity index (χ1) is 27.2. The molecule has 0 aromatic rings. The van der Waals surface area contributed by atoms with Gasteiger partial charge in [0, 0.05) is 25.9 Å². The molecule has 20 nitrogen and oxygen atoms in total. The van der Waals surface area contributed by atoms with Crippen LogP contribution in [-0.2, 0) is 61.9 Å². The van der Waals surface area contributed by atoms with E-state index in [4.69, 9.17) is 23.7 Å². The molecule has 3 rings (SSSR count). The molecular formula is C38H62FN3O17. The zero-order chi connectivity index (χ0) is 45.6. The van der Waals surface area contributed by atoms with Gasteiger partial charge in [0.2, 0.25) is 0 Å². The van der Waals surface area contributed by atoms with Crippen molar-refractivity contribution in [2.75, 3.05) is 47.8 Å². The molecule has 0 saturated carbocycles. The number of likely N-dealkylation sites (tertiary alicyclic amines) is 3. The topological polar surface area (TPSA) is 240 Å². The molecule has 21 heteroatoms. The first-order valence-corrected chi connectivity index (χ1v) is 19.0. The van der Waals surface area contributed by atoms with E-state index in [2.05, 4.69) is 14.2 Å². The molecule has 0 aliphatic carbocycles. The number of aliphatic hydroxyl groups is 1. The van der Waals surface area contributed by atoms with Crippen molar-refractivity contribution in [3.05, 3.63) is 0 Å². The molecule has 3 aliphatic rings. The number of carbonyl (C=O) groups is 8. The molecular weight excluding hydrogens is 788 g/mol. The molecule has 0 radical (unpaired) electrons. The van der Waals surface area contributed by atoms with E-state index >= 15 is 0 Å². The van der Waals surface area contributed by atoms with Crippen LogP contribution >= 0.6 is 0 Å². The maximum atomic E-state index is 12.3. The van der Waals surface area contributed by atoms with Gasteiger partial charge in [0.05, 0.1) is 40.6 Å². The van der Waals surface area contributed by atoms with Crippen molar-refractivity contribution in [3.8, 4) is 0 Å². The first-order valence-electron chi connectivity index (χ1n) is 19.0. The summed E-state index contributed by atoms with van der Waals surface area (Å²) in [5.74, 6) is -3.23. The molecule has 3 unspecified atom stereocenters. The second kappa shape index (κ2) is 22.7. The van der Waals surface area contributed by atoms with E-state index in [1.165, 1.54) is 19.1 Å². The predicted molar refractivity (Wildman–Crippen MR) is 202 cm³/mol. The third kappa shape index (κ3) is 16.5. The molecule has 0 aromatic carbocycles. The number of nitrogens with zero attached hydrogens (tertiary/aromatic N) is 3. The number of ether oxygens (including phenoxy) is 8. The Hall–Kier alpha value is -4.63. The molecule has 338 valence electrons. The average molecular weight is 851 g/mol. The largest absolute Gasteiger partial charge is 0.467 e. The molecule has 59 heavy (non-hydrogen) atoms. The third-order valence-corrected chi connectivity index (χ3v) is 7.95. The number of alkyl halides is 1. The van der Waals surface area contributed by atoms with Crippen LogP contribution in [0.25, 0.3) is 0 Å². The van der Waals surface area contributed by atoms with Gasteiger partial charge in [-0.15, -0.1) is 0 Å². The lowest BCUT2D eigenvalue weighted by molar-refractivity contribution is -0.149. The van der Waals surface area contributed by atoms with Crippen molar-refractivity contribution in [1.29, 1.82) is 0 Å². The Morgan fingerprint density at radius 2 is 0.966 bits per heavy atom. The normalized spacial score (nSPS) is 23.0. The fourth-order valence-electron chi connectivity index (χ4n) is 5.59. The fraction of sp³-hybridized carbons (Fsp3) is 0.789. The van der Waals surface area contributed by atoms with Gasteiger partial charge >= 0.3 is 36.2 Å². The monoisotopic (exact) mass is 850 g/mol. The smallest absolute Gasteiger partial charge is 0.417 e. The van der Waals surface area contributed by atoms with Crippen molar-refractivity contribution >= 4 is 48.0 Å². The molecule has 6 atom stereocenters. The summed E-state index contributed by atoms with van der Waals surface area (Å²) in [6, 6.07) is -2.88. The quantitative estimate of drug-likeness (QED) is 0.259. The number of halogens is 1. The summed E-state index contributed by atoms with van der Waals surface area (Å²) in [6.45, 7) is 16.5. The molecule has 3 saturated heterocycles. The highest BCUT2D eigenvalue weighted by Gasteiger charge is 2.51. The highest BCUT2D eigenvalue weighted by Crippen LogP contribution is 2.27. The van der Waals surface area contributed by atoms with E-state index in [9.17, 15) is 47.9 Å². The molecule has 0 spiro atoms. The number of aliphatic hydroxyl groups excluding tert-OH is 1. The van der Waals surface area contributed by atoms with Crippen molar-refractivity contribution < 1.29 is 85.7 Å². The van der Waals surface area contributed by atoms with Crippen LogP contribution in [0.1, 0.15) is 94.9 Å². The zero-order valence-electron chi connectivity index (χ0n) is 36.3. The third-order valence-electron chi connectivity index (χ3n) is 7.95. The van der Waals surface area contributed by atoms with E-state index < -0.39 is 108 Å². The van der Waals surface area contributed by atoms with Crippen LogP contribution < -0.4 is 0 Å². The minimum Gasteiger partial charge on any atom is -0.467 e. The van der Waals surface area contributed by atoms with Crippen LogP contribution in [-0.4, -0.2) is 169 Å². The number of esters is 3. The number of carbonyl (C=O) groups excluding carboxylic acids is 8. The molecule has 0 aromatic heterocycles. The number of hydrogen-bond acceptors (Lipinski definition) is 17. The van der Waals surface area contributed by atoms with E-state index in [0.717, 1.165) is 18.4 Å². The maximum absolute atomic E-state index is 12.3. The highest BCUT2D eigenvalue weighted by molar-refractivity contribution is 6.02. The standard InChI is InChI=1S/C14H23NO6.C13H20FNO6.C11H19NO5/c1-6-7-20-10-8-9(12(17)19-5)15(11(10)16)13(18)21-14(2,3)4;1-13(2,3)21-12(18)15-8(11(17)19-4)7-9(10(15)16)20-6-5-14;1-11(2,3)17-10(15)12-6-7(13)5-8(12)9(14)16-4/h9-10H,6-8H2,1-5H3;8-9H,5-7H2,1-4H3;7-8,13H,5-6H2,1-4H3/t9?,10-;8?,9-;7-,8?/m000/s1/i;14-1;. The Labute approximate surface area is 344 Å². The second-order valence-electron chi connectivity index (χ2n) is 16.4. The van der Waals surface area contributed by atoms with Gasteiger partial charge in [-0.25, -0.2) is 43.0 Å². The molecule has 0 bridgehead atoms. The Morgan fingerprint density at radius 3 is 1.31 bits per heavy atom. The van der Waals surface area contributed by atoms with Crippen LogP contribution in [0.4, 0.5) is 18.8 Å². The Balaban J connectivity index is 0.000000445. The fourth-order valence-corrected chi connectivity index (χ4v) is 5.59. The second-order valence-corrected chi connectivity index (χ2v) is 16.4. The average Bonchev–Trinajstić information content (AvgIpc) is 3.79. The van der Waals surface area contributed by atoms with Crippen LogP contribution in [0, 0.1) is 0 Å². The first kappa shape index (κ1) is 52.4. The molecule has 3 fully saturated rings. The maximum Gasteiger partial charge on any atom is 0.417 e. The minimum atomic E-state index is -1.12. The minimum absolute atomic E-state index is 0.0786. The van der Waals surface area contributed by atoms with Crippen molar-refractivity contribution in [3.63, 3.8) is 0 Å². The Bertz CT molecular complexity index is 1410. The van der Waals surface area contributed by atoms with Gasteiger partial charge in [-0.1, -0.05) is 6.92 Å². The Morgan fingerprint density at radius 1 is 0.610 bits per heavy atom. The molecule has 3 aliphatic heterocycles. The number of imide groups is 2. The van der Waals surface area contributed by atoms with Gasteiger partial charge < -0.3 is 43.0 Å². The van der Waals surface area contributed by atoms with Crippen molar-refractivity contribution in [2.24, 2.45) is 0 Å². The van der Waals surface area contributed by atoms with Crippen LogP contribution in [0.2, 0.25) is 0 Å². The van der Waals surface area contributed by atoms with Gasteiger partial charge in [0.15, 0.2) is 0 Å². The lowest BCUT2D eigenvalue weighted by Crippen LogP contribution is -2.46. The summed E-state index contributed by atoms with van der Waals surface area (Å²) in [4.78, 5) is 98.1. The van der Waals surface area contributed by atoms with Crippen molar-refractivity contribution in [1.82, 2.24) is 14.7 Å². The van der Waals surface area contributed by atoms with Gasteiger partial charge in [0.25, 0.3) is 11.8 Å². The summed E-state index contributed by atoms with van der Waals surface area (Å²) in [7, 11) is 3.61.